The van der Waals surface area contributed by atoms with Crippen LogP contribution in [0.3, 0.4) is 0 Å². The molecule has 1 N–H and O–H groups in total. The highest BCUT2D eigenvalue weighted by Crippen LogP contribution is 2.29. The van der Waals surface area contributed by atoms with Crippen molar-refractivity contribution in [2.75, 3.05) is 28.2 Å². The summed E-state index contributed by atoms with van der Waals surface area (Å²) in [6.07, 6.45) is 5.58. The number of benzene rings is 2. The van der Waals surface area contributed by atoms with E-state index in [0.717, 1.165) is 30.0 Å². The summed E-state index contributed by atoms with van der Waals surface area (Å²) in [5.41, 5.74) is 4.55. The van der Waals surface area contributed by atoms with Crippen LogP contribution in [0.1, 0.15) is 31.0 Å². The molecular weight excluding hydrogens is 420 g/mol. The van der Waals surface area contributed by atoms with Crippen LogP contribution in [0.4, 0.5) is 22.2 Å². The average molecular weight is 447 g/mol. The van der Waals surface area contributed by atoms with Crippen molar-refractivity contribution in [1.29, 1.82) is 0 Å². The maximum absolute atomic E-state index is 12.4. The number of nitrogens with one attached hydrogen (secondary N) is 1. The molecule has 0 spiro atoms. The quantitative estimate of drug-likeness (QED) is 0.516. The number of hydrogen-bond donors (Lipinski definition) is 1. The molecule has 0 aliphatic carbocycles. The van der Waals surface area contributed by atoms with Gasteiger partial charge in [0.25, 0.3) is 0 Å². The molecule has 0 saturated carbocycles. The third-order valence-electron chi connectivity index (χ3n) is 5.35. The van der Waals surface area contributed by atoms with Gasteiger partial charge >= 0.3 is 0 Å². The molecule has 164 valence electrons. The number of carbonyl (C=O) groups is 2. The van der Waals surface area contributed by atoms with E-state index in [9.17, 15) is 9.59 Å². The number of amides is 2. The summed E-state index contributed by atoms with van der Waals surface area (Å²) in [4.78, 5) is 33.0. The minimum absolute atomic E-state index is 0.119. The Kier molecular flexibility index (Phi) is 6.66. The first-order chi connectivity index (χ1) is 15.5. The maximum atomic E-state index is 12.4. The Morgan fingerprint density at radius 1 is 1.12 bits per heavy atom. The van der Waals surface area contributed by atoms with E-state index in [0.29, 0.717) is 10.8 Å². The standard InChI is InChI=1S/C25H26N4O2S/c1-18-16-20(10-12-23(18)28-14-6-7-15-28)26-24(31)13-11-21-17-32-25(27-21)29(19(2)30)22-8-4-3-5-9-22/h3-5,8-13,16-17H,6-7,14-15H2,1-2H3,(H,26,31)/b13-11+. The van der Waals surface area contributed by atoms with Gasteiger partial charge in [0.2, 0.25) is 11.8 Å². The molecule has 0 unspecified atom stereocenters. The van der Waals surface area contributed by atoms with E-state index >= 15 is 0 Å². The van der Waals surface area contributed by atoms with Gasteiger partial charge in [-0.05, 0) is 61.7 Å². The zero-order chi connectivity index (χ0) is 22.5. The number of aryl methyl sites for hydroxylation is 1. The largest absolute Gasteiger partial charge is 0.371 e. The third kappa shape index (κ3) is 5.06. The molecule has 1 saturated heterocycles. The molecule has 0 radical (unpaired) electrons. The highest BCUT2D eigenvalue weighted by atomic mass is 32.1. The van der Waals surface area contributed by atoms with E-state index in [1.54, 1.807) is 11.0 Å². The fourth-order valence-corrected chi connectivity index (χ4v) is 4.71. The van der Waals surface area contributed by atoms with Crippen LogP contribution >= 0.6 is 11.3 Å². The van der Waals surface area contributed by atoms with Gasteiger partial charge in [-0.25, -0.2) is 4.98 Å². The summed E-state index contributed by atoms with van der Waals surface area (Å²) in [6, 6.07) is 15.4. The molecule has 1 aliphatic heterocycles. The molecule has 0 atom stereocenters. The zero-order valence-corrected chi connectivity index (χ0v) is 19.1. The summed E-state index contributed by atoms with van der Waals surface area (Å²) in [5.74, 6) is -0.342. The van der Waals surface area contributed by atoms with Crippen LogP contribution in [0.2, 0.25) is 0 Å². The van der Waals surface area contributed by atoms with Gasteiger partial charge in [0.15, 0.2) is 5.13 Å². The van der Waals surface area contributed by atoms with E-state index in [2.05, 4.69) is 28.2 Å². The Bertz CT molecular complexity index is 1130. The van der Waals surface area contributed by atoms with Gasteiger partial charge in [-0.2, -0.15) is 0 Å². The fourth-order valence-electron chi connectivity index (χ4n) is 3.85. The minimum Gasteiger partial charge on any atom is -0.371 e. The molecule has 1 aliphatic rings. The van der Waals surface area contributed by atoms with Gasteiger partial charge in [0.1, 0.15) is 0 Å². The van der Waals surface area contributed by atoms with Gasteiger partial charge in [-0.3, -0.25) is 14.5 Å². The number of rotatable bonds is 6. The summed E-state index contributed by atoms with van der Waals surface area (Å²) in [5, 5.41) is 5.30. The first kappa shape index (κ1) is 21.8. The van der Waals surface area contributed by atoms with E-state index < -0.39 is 0 Å². The molecule has 2 heterocycles. The van der Waals surface area contributed by atoms with Crippen LogP contribution in [-0.4, -0.2) is 29.9 Å². The number of thiazole rings is 1. The second-order valence-electron chi connectivity index (χ2n) is 7.76. The SMILES string of the molecule is CC(=O)N(c1ccccc1)c1nc(/C=C/C(=O)Nc2ccc(N3CCCC3)c(C)c2)cs1. The van der Waals surface area contributed by atoms with Gasteiger partial charge in [-0.15, -0.1) is 11.3 Å². The lowest BCUT2D eigenvalue weighted by Gasteiger charge is -2.20. The van der Waals surface area contributed by atoms with Crippen LogP contribution in [0.15, 0.2) is 60.0 Å². The van der Waals surface area contributed by atoms with Crippen molar-refractivity contribution in [3.05, 3.63) is 71.2 Å². The Labute approximate surface area is 192 Å². The van der Waals surface area contributed by atoms with Crippen LogP contribution in [0, 0.1) is 6.92 Å². The van der Waals surface area contributed by atoms with Crippen LogP contribution < -0.4 is 15.1 Å². The van der Waals surface area contributed by atoms with E-state index in [-0.39, 0.29) is 11.8 Å². The zero-order valence-electron chi connectivity index (χ0n) is 18.2. The number of aromatic nitrogens is 1. The monoisotopic (exact) mass is 446 g/mol. The van der Waals surface area contributed by atoms with E-state index in [4.69, 9.17) is 0 Å². The lowest BCUT2D eigenvalue weighted by molar-refractivity contribution is -0.116. The Hall–Kier alpha value is -3.45. The molecule has 1 aromatic heterocycles. The van der Waals surface area contributed by atoms with Crippen molar-refractivity contribution in [2.24, 2.45) is 0 Å². The molecule has 7 heteroatoms. The van der Waals surface area contributed by atoms with Crippen molar-refractivity contribution < 1.29 is 9.59 Å². The molecular formula is C25H26N4O2S. The third-order valence-corrected chi connectivity index (χ3v) is 6.19. The Morgan fingerprint density at radius 3 is 2.56 bits per heavy atom. The molecule has 6 nitrogen and oxygen atoms in total. The smallest absolute Gasteiger partial charge is 0.248 e. The van der Waals surface area contributed by atoms with Gasteiger partial charge in [-0.1, -0.05) is 18.2 Å². The van der Waals surface area contributed by atoms with Gasteiger partial charge < -0.3 is 10.2 Å². The number of carbonyl (C=O) groups excluding carboxylic acids is 2. The molecule has 2 amide bonds. The second kappa shape index (κ2) is 9.78. The lowest BCUT2D eigenvalue weighted by atomic mass is 10.1. The fraction of sp³-hybridized carbons (Fsp3) is 0.240. The van der Waals surface area contributed by atoms with Crippen LogP contribution in [0.5, 0.6) is 0 Å². The molecule has 0 bridgehead atoms. The number of anilines is 4. The first-order valence-electron chi connectivity index (χ1n) is 10.7. The summed E-state index contributed by atoms with van der Waals surface area (Å²) in [7, 11) is 0. The molecule has 4 rings (SSSR count). The predicted molar refractivity (Wildman–Crippen MR) is 132 cm³/mol. The number of hydrogen-bond acceptors (Lipinski definition) is 5. The minimum atomic E-state index is -0.223. The van der Waals surface area contributed by atoms with Gasteiger partial charge in [0.05, 0.1) is 11.4 Å². The Morgan fingerprint density at radius 2 is 1.88 bits per heavy atom. The van der Waals surface area contributed by atoms with E-state index in [1.165, 1.54) is 42.9 Å². The molecule has 1 fully saturated rings. The molecule has 2 aromatic carbocycles. The summed E-state index contributed by atoms with van der Waals surface area (Å²) < 4.78 is 0. The van der Waals surface area contributed by atoms with Crippen LogP contribution in [0.25, 0.3) is 6.08 Å². The second-order valence-corrected chi connectivity index (χ2v) is 8.60. The van der Waals surface area contributed by atoms with Crippen LogP contribution in [-0.2, 0) is 9.59 Å². The van der Waals surface area contributed by atoms with Crippen molar-refractivity contribution in [3.63, 3.8) is 0 Å². The van der Waals surface area contributed by atoms with Crippen molar-refractivity contribution >= 4 is 51.4 Å². The number of nitrogens with zero attached hydrogens (tertiary/aromatic N) is 3. The summed E-state index contributed by atoms with van der Waals surface area (Å²) in [6.45, 7) is 5.77. The van der Waals surface area contributed by atoms with Crippen molar-refractivity contribution in [3.8, 4) is 0 Å². The van der Waals surface area contributed by atoms with Gasteiger partial charge in [0, 0.05) is 42.8 Å². The Balaban J connectivity index is 1.41. The topological polar surface area (TPSA) is 65.5 Å². The number of para-hydroxylation sites is 1. The highest BCUT2D eigenvalue weighted by Gasteiger charge is 2.17. The molecule has 3 aromatic rings. The predicted octanol–water partition coefficient (Wildman–Crippen LogP) is 5.39. The highest BCUT2D eigenvalue weighted by molar-refractivity contribution is 7.14. The lowest BCUT2D eigenvalue weighted by Crippen LogP contribution is -2.22. The normalized spacial score (nSPS) is 13.5. The van der Waals surface area contributed by atoms with Crippen molar-refractivity contribution in [1.82, 2.24) is 4.98 Å². The van der Waals surface area contributed by atoms with E-state index in [1.807, 2.05) is 47.8 Å². The van der Waals surface area contributed by atoms with Crippen molar-refractivity contribution in [2.45, 2.75) is 26.7 Å². The maximum Gasteiger partial charge on any atom is 0.248 e. The molecule has 32 heavy (non-hydrogen) atoms. The summed E-state index contributed by atoms with van der Waals surface area (Å²) >= 11 is 1.36. The first-order valence-corrected chi connectivity index (χ1v) is 11.5. The average Bonchev–Trinajstić information content (AvgIpc) is 3.46.